The normalized spacial score (nSPS) is 32.7. The Morgan fingerprint density at radius 2 is 2.09 bits per heavy atom. The van der Waals surface area contributed by atoms with Crippen LogP contribution in [0.5, 0.6) is 0 Å². The maximum absolute atomic E-state index is 11.6. The van der Waals surface area contributed by atoms with Crippen LogP contribution in [0.25, 0.3) is 0 Å². The van der Waals surface area contributed by atoms with E-state index < -0.39 is 18.8 Å². The van der Waals surface area contributed by atoms with E-state index in [1.807, 2.05) is 0 Å². The fraction of sp³-hybridized carbons (Fsp3) is 1.00. The Labute approximate surface area is 64.2 Å². The molecule has 1 fully saturated rings. The van der Waals surface area contributed by atoms with Crippen LogP contribution in [0.3, 0.4) is 0 Å². The Balaban J connectivity index is 2.23. The van der Waals surface area contributed by atoms with E-state index in [9.17, 15) is 8.78 Å². The van der Waals surface area contributed by atoms with Crippen molar-refractivity contribution < 1.29 is 18.6 Å². The monoisotopic (exact) mass is 166 g/mol. The molecule has 1 saturated carbocycles. The average Bonchev–Trinajstić information content (AvgIpc) is 1.85. The highest BCUT2D eigenvalue weighted by atomic mass is 19.3. The van der Waals surface area contributed by atoms with E-state index in [0.29, 0.717) is 19.3 Å². The van der Waals surface area contributed by atoms with Gasteiger partial charge in [-0.3, -0.25) is 0 Å². The Morgan fingerprint density at radius 1 is 1.36 bits per heavy atom. The number of hydrogen-bond donors (Lipinski definition) is 1. The first-order valence-corrected chi connectivity index (χ1v) is 3.80. The zero-order valence-electron chi connectivity index (χ0n) is 6.17. The van der Waals surface area contributed by atoms with Crippen LogP contribution in [0.4, 0.5) is 8.78 Å². The third-order valence-corrected chi connectivity index (χ3v) is 1.89. The predicted molar refractivity (Wildman–Crippen MR) is 35.4 cm³/mol. The zero-order valence-corrected chi connectivity index (χ0v) is 6.17. The van der Waals surface area contributed by atoms with E-state index in [1.165, 1.54) is 0 Å². The minimum absolute atomic E-state index is 0.352. The molecule has 4 heteroatoms. The van der Waals surface area contributed by atoms with Crippen molar-refractivity contribution in [1.29, 1.82) is 0 Å². The van der Waals surface area contributed by atoms with Gasteiger partial charge in [0.2, 0.25) is 0 Å². The SMILES string of the molecule is OC1CCCC(OC(F)F)C1. The molecule has 1 rings (SSSR count). The summed E-state index contributed by atoms with van der Waals surface area (Å²) in [4.78, 5) is 0. The molecule has 0 saturated heterocycles. The predicted octanol–water partition coefficient (Wildman–Crippen LogP) is 1.53. The molecule has 0 aromatic carbocycles. The molecule has 0 amide bonds. The summed E-state index contributed by atoms with van der Waals surface area (Å²) in [5.41, 5.74) is 0. The van der Waals surface area contributed by atoms with Crippen LogP contribution in [0.15, 0.2) is 0 Å². The Morgan fingerprint density at radius 3 is 2.64 bits per heavy atom. The Kier molecular flexibility index (Phi) is 3.20. The van der Waals surface area contributed by atoms with Crippen LogP contribution in [0, 0.1) is 0 Å². The summed E-state index contributed by atoms with van der Waals surface area (Å²) in [6.07, 6.45) is 1.58. The number of hydrogen-bond acceptors (Lipinski definition) is 2. The fourth-order valence-corrected chi connectivity index (χ4v) is 1.39. The highest BCUT2D eigenvalue weighted by Crippen LogP contribution is 2.22. The summed E-state index contributed by atoms with van der Waals surface area (Å²) >= 11 is 0. The second-order valence-corrected chi connectivity index (χ2v) is 2.84. The van der Waals surface area contributed by atoms with Gasteiger partial charge in [-0.15, -0.1) is 0 Å². The number of alkyl halides is 2. The summed E-state index contributed by atoms with van der Waals surface area (Å²) in [6.45, 7) is -2.70. The first-order chi connectivity index (χ1) is 5.18. The van der Waals surface area contributed by atoms with E-state index in [0.717, 1.165) is 6.42 Å². The highest BCUT2D eigenvalue weighted by Gasteiger charge is 2.23. The zero-order chi connectivity index (χ0) is 8.27. The van der Waals surface area contributed by atoms with Crippen LogP contribution in [0.2, 0.25) is 0 Å². The lowest BCUT2D eigenvalue weighted by molar-refractivity contribution is -0.176. The second-order valence-electron chi connectivity index (χ2n) is 2.84. The van der Waals surface area contributed by atoms with Crippen LogP contribution in [0.1, 0.15) is 25.7 Å². The molecule has 0 aromatic heterocycles. The van der Waals surface area contributed by atoms with Crippen LogP contribution in [-0.4, -0.2) is 23.9 Å². The maximum Gasteiger partial charge on any atom is 0.345 e. The van der Waals surface area contributed by atoms with Gasteiger partial charge in [0.15, 0.2) is 0 Å². The van der Waals surface area contributed by atoms with Gasteiger partial charge in [-0.05, 0) is 25.7 Å². The van der Waals surface area contributed by atoms with Crippen molar-refractivity contribution in [2.75, 3.05) is 0 Å². The van der Waals surface area contributed by atoms with E-state index >= 15 is 0 Å². The molecule has 1 aliphatic carbocycles. The number of halogens is 2. The molecule has 0 spiro atoms. The third-order valence-electron chi connectivity index (χ3n) is 1.89. The van der Waals surface area contributed by atoms with E-state index in [2.05, 4.69) is 4.74 Å². The smallest absolute Gasteiger partial charge is 0.345 e. The van der Waals surface area contributed by atoms with Gasteiger partial charge in [-0.25, -0.2) is 0 Å². The third kappa shape index (κ3) is 3.12. The second kappa shape index (κ2) is 3.97. The minimum Gasteiger partial charge on any atom is -0.393 e. The quantitative estimate of drug-likeness (QED) is 0.674. The molecule has 2 atom stereocenters. The molecule has 66 valence electrons. The van der Waals surface area contributed by atoms with Gasteiger partial charge in [0.1, 0.15) is 0 Å². The van der Waals surface area contributed by atoms with Gasteiger partial charge in [-0.2, -0.15) is 8.78 Å². The fourth-order valence-electron chi connectivity index (χ4n) is 1.39. The van der Waals surface area contributed by atoms with Gasteiger partial charge in [0, 0.05) is 0 Å². The van der Waals surface area contributed by atoms with Gasteiger partial charge in [0.05, 0.1) is 12.2 Å². The molecular formula is C7H12F2O2. The molecular weight excluding hydrogens is 154 g/mol. The summed E-state index contributed by atoms with van der Waals surface area (Å²) in [6, 6.07) is 0. The van der Waals surface area contributed by atoms with Crippen molar-refractivity contribution in [3.63, 3.8) is 0 Å². The molecule has 2 unspecified atom stereocenters. The summed E-state index contributed by atoms with van der Waals surface area (Å²) < 4.78 is 27.6. The average molecular weight is 166 g/mol. The number of aliphatic hydroxyl groups is 1. The van der Waals surface area contributed by atoms with Gasteiger partial charge in [-0.1, -0.05) is 0 Å². The lowest BCUT2D eigenvalue weighted by Gasteiger charge is -2.25. The molecule has 0 aliphatic heterocycles. The summed E-state index contributed by atoms with van der Waals surface area (Å²) in [5.74, 6) is 0. The molecule has 0 bridgehead atoms. The molecule has 11 heavy (non-hydrogen) atoms. The van der Waals surface area contributed by atoms with Crippen molar-refractivity contribution in [2.45, 2.75) is 44.5 Å². The number of aliphatic hydroxyl groups excluding tert-OH is 1. The molecule has 1 N–H and O–H groups in total. The standard InChI is InChI=1S/C7H12F2O2/c8-7(9)11-6-3-1-2-5(10)4-6/h5-7,10H,1-4H2. The van der Waals surface area contributed by atoms with Crippen LogP contribution >= 0.6 is 0 Å². The van der Waals surface area contributed by atoms with Gasteiger partial charge < -0.3 is 9.84 Å². The van der Waals surface area contributed by atoms with Crippen LogP contribution < -0.4 is 0 Å². The highest BCUT2D eigenvalue weighted by molar-refractivity contribution is 4.71. The lowest BCUT2D eigenvalue weighted by atomic mass is 9.95. The first-order valence-electron chi connectivity index (χ1n) is 3.80. The minimum atomic E-state index is -2.70. The molecule has 0 radical (unpaired) electrons. The van der Waals surface area contributed by atoms with E-state index in [-0.39, 0.29) is 0 Å². The van der Waals surface area contributed by atoms with Crippen molar-refractivity contribution in [3.05, 3.63) is 0 Å². The van der Waals surface area contributed by atoms with Crippen molar-refractivity contribution in [2.24, 2.45) is 0 Å². The number of rotatable bonds is 2. The summed E-state index contributed by atoms with van der Waals surface area (Å²) in [5, 5.41) is 9.07. The molecule has 0 heterocycles. The van der Waals surface area contributed by atoms with E-state index in [4.69, 9.17) is 5.11 Å². The van der Waals surface area contributed by atoms with Gasteiger partial charge >= 0.3 is 6.61 Å². The van der Waals surface area contributed by atoms with E-state index in [1.54, 1.807) is 0 Å². The Hall–Kier alpha value is -0.220. The largest absolute Gasteiger partial charge is 0.393 e. The Bertz CT molecular complexity index is 117. The van der Waals surface area contributed by atoms with Crippen LogP contribution in [-0.2, 0) is 4.74 Å². The molecule has 2 nitrogen and oxygen atoms in total. The molecule has 1 aliphatic rings. The first kappa shape index (κ1) is 8.87. The van der Waals surface area contributed by atoms with Crippen molar-refractivity contribution in [1.82, 2.24) is 0 Å². The molecule has 0 aromatic rings. The summed E-state index contributed by atoms with van der Waals surface area (Å²) in [7, 11) is 0. The lowest BCUT2D eigenvalue weighted by Crippen LogP contribution is -2.27. The van der Waals surface area contributed by atoms with Crippen molar-refractivity contribution in [3.8, 4) is 0 Å². The maximum atomic E-state index is 11.6. The topological polar surface area (TPSA) is 29.5 Å². The van der Waals surface area contributed by atoms with Crippen molar-refractivity contribution >= 4 is 0 Å². The number of ether oxygens (including phenoxy) is 1. The van der Waals surface area contributed by atoms with Gasteiger partial charge in [0.25, 0.3) is 0 Å².